The van der Waals surface area contributed by atoms with Crippen LogP contribution in [0.25, 0.3) is 0 Å². The topological polar surface area (TPSA) is 58.6 Å². The molecule has 2 aliphatic carbocycles. The van der Waals surface area contributed by atoms with Gasteiger partial charge in [-0.3, -0.25) is 9.59 Å². The Bertz CT molecular complexity index is 653. The van der Waals surface area contributed by atoms with E-state index in [1.165, 1.54) is 19.3 Å². The number of rotatable bonds is 6. The van der Waals surface area contributed by atoms with E-state index in [-0.39, 0.29) is 17.9 Å². The van der Waals surface area contributed by atoms with Gasteiger partial charge in [0.05, 0.1) is 6.54 Å². The van der Waals surface area contributed by atoms with Gasteiger partial charge in [-0.15, -0.1) is 0 Å². The quantitative estimate of drug-likeness (QED) is 0.836. The summed E-state index contributed by atoms with van der Waals surface area (Å²) in [6.07, 6.45) is 9.15. The van der Waals surface area contributed by atoms with Crippen LogP contribution in [0.1, 0.15) is 57.8 Å². The molecule has 0 aromatic heterocycles. The van der Waals surface area contributed by atoms with E-state index >= 15 is 0 Å². The Kier molecular flexibility index (Phi) is 5.65. The molecule has 2 saturated carbocycles. The highest BCUT2D eigenvalue weighted by Crippen LogP contribution is 2.30. The lowest BCUT2D eigenvalue weighted by Gasteiger charge is -2.27. The van der Waals surface area contributed by atoms with Gasteiger partial charge in [0.2, 0.25) is 11.8 Å². The Labute approximate surface area is 161 Å². The van der Waals surface area contributed by atoms with Crippen LogP contribution in [0.4, 0.5) is 0 Å². The molecule has 3 fully saturated rings. The SMILES string of the molecule is O=C(NC1CC1)[C@@H]1C[C@H](Oc2ccccc2)CN1C(=O)CC1CCCCC1. The normalized spacial score (nSPS) is 26.0. The van der Waals surface area contributed by atoms with Crippen molar-refractivity contribution in [3.63, 3.8) is 0 Å². The third kappa shape index (κ3) is 4.82. The van der Waals surface area contributed by atoms with Crippen molar-refractivity contribution < 1.29 is 14.3 Å². The van der Waals surface area contributed by atoms with Gasteiger partial charge in [-0.2, -0.15) is 0 Å². The van der Waals surface area contributed by atoms with Gasteiger partial charge in [-0.1, -0.05) is 37.5 Å². The van der Waals surface area contributed by atoms with E-state index in [4.69, 9.17) is 4.74 Å². The lowest BCUT2D eigenvalue weighted by Crippen LogP contribution is -2.47. The number of hydrogen-bond acceptors (Lipinski definition) is 3. The van der Waals surface area contributed by atoms with E-state index in [1.807, 2.05) is 30.3 Å². The summed E-state index contributed by atoms with van der Waals surface area (Å²) < 4.78 is 6.07. The minimum Gasteiger partial charge on any atom is -0.488 e. The Hall–Kier alpha value is -2.04. The minimum atomic E-state index is -0.393. The number of nitrogens with one attached hydrogen (secondary N) is 1. The maximum absolute atomic E-state index is 13.0. The van der Waals surface area contributed by atoms with Gasteiger partial charge in [0, 0.05) is 18.9 Å². The molecular formula is C22H30N2O3. The molecule has 1 N–H and O–H groups in total. The van der Waals surface area contributed by atoms with Crippen LogP contribution in [0.2, 0.25) is 0 Å². The number of amides is 2. The standard InChI is InChI=1S/C22H30N2O3/c25-21(13-16-7-3-1-4-8-16)24-15-19(27-18-9-5-2-6-10-18)14-20(24)22(26)23-17-11-12-17/h2,5-6,9-10,16-17,19-20H,1,3-4,7-8,11-15H2,(H,23,26)/t19-,20-/m0/s1. The van der Waals surface area contributed by atoms with Gasteiger partial charge in [0.15, 0.2) is 0 Å². The van der Waals surface area contributed by atoms with E-state index in [0.717, 1.165) is 31.4 Å². The molecule has 3 aliphatic rings. The highest BCUT2D eigenvalue weighted by molar-refractivity contribution is 5.88. The van der Waals surface area contributed by atoms with E-state index in [1.54, 1.807) is 4.90 Å². The second-order valence-electron chi connectivity index (χ2n) is 8.34. The summed E-state index contributed by atoms with van der Waals surface area (Å²) in [5, 5.41) is 3.08. The molecule has 0 spiro atoms. The average molecular weight is 370 g/mol. The van der Waals surface area contributed by atoms with E-state index in [9.17, 15) is 9.59 Å². The van der Waals surface area contributed by atoms with Crippen LogP contribution < -0.4 is 10.1 Å². The molecule has 0 radical (unpaired) electrons. The van der Waals surface area contributed by atoms with Crippen LogP contribution in [0.5, 0.6) is 5.75 Å². The molecule has 5 nitrogen and oxygen atoms in total. The first kappa shape index (κ1) is 18.3. The summed E-state index contributed by atoms with van der Waals surface area (Å²) >= 11 is 0. The Morgan fingerprint density at radius 2 is 1.78 bits per heavy atom. The van der Waals surface area contributed by atoms with E-state index < -0.39 is 6.04 Å². The molecule has 2 atom stereocenters. The fourth-order valence-electron chi connectivity index (χ4n) is 4.38. The lowest BCUT2D eigenvalue weighted by atomic mass is 9.86. The molecule has 2 amide bonds. The van der Waals surface area contributed by atoms with Crippen LogP contribution in [0, 0.1) is 5.92 Å². The predicted molar refractivity (Wildman–Crippen MR) is 103 cm³/mol. The number of ether oxygens (including phenoxy) is 1. The molecule has 146 valence electrons. The first-order valence-electron chi connectivity index (χ1n) is 10.5. The minimum absolute atomic E-state index is 0.00587. The molecule has 1 aromatic rings. The van der Waals surface area contributed by atoms with Gasteiger partial charge in [0.25, 0.3) is 0 Å². The number of likely N-dealkylation sites (tertiary alicyclic amines) is 1. The van der Waals surface area contributed by atoms with Crippen molar-refractivity contribution in [2.24, 2.45) is 5.92 Å². The average Bonchev–Trinajstić information content (AvgIpc) is 3.39. The number of nitrogens with zero attached hydrogens (tertiary/aromatic N) is 1. The van der Waals surface area contributed by atoms with Crippen molar-refractivity contribution in [2.45, 2.75) is 76.0 Å². The predicted octanol–water partition coefficient (Wildman–Crippen LogP) is 3.28. The maximum atomic E-state index is 13.0. The van der Waals surface area contributed by atoms with Crippen molar-refractivity contribution in [3.05, 3.63) is 30.3 Å². The summed E-state index contributed by atoms with van der Waals surface area (Å²) in [6.45, 7) is 0.503. The van der Waals surface area contributed by atoms with Gasteiger partial charge in [0.1, 0.15) is 17.9 Å². The summed E-state index contributed by atoms with van der Waals surface area (Å²) in [7, 11) is 0. The van der Waals surface area contributed by atoms with Crippen molar-refractivity contribution in [3.8, 4) is 5.75 Å². The lowest BCUT2D eigenvalue weighted by molar-refractivity contribution is -0.139. The Morgan fingerprint density at radius 3 is 2.48 bits per heavy atom. The summed E-state index contributed by atoms with van der Waals surface area (Å²) in [5.74, 6) is 1.39. The fraction of sp³-hybridized carbons (Fsp3) is 0.636. The van der Waals surface area contributed by atoms with Crippen molar-refractivity contribution in [1.29, 1.82) is 0 Å². The summed E-state index contributed by atoms with van der Waals surface area (Å²) in [6, 6.07) is 9.59. The number of carbonyl (C=O) groups is 2. The molecule has 4 rings (SSSR count). The number of carbonyl (C=O) groups excluding carboxylic acids is 2. The van der Waals surface area contributed by atoms with Gasteiger partial charge >= 0.3 is 0 Å². The molecule has 1 aromatic carbocycles. The van der Waals surface area contributed by atoms with Crippen LogP contribution >= 0.6 is 0 Å². The Morgan fingerprint density at radius 1 is 1.04 bits per heavy atom. The monoisotopic (exact) mass is 370 g/mol. The molecule has 1 aliphatic heterocycles. The zero-order chi connectivity index (χ0) is 18.6. The van der Waals surface area contributed by atoms with E-state index in [2.05, 4.69) is 5.32 Å². The van der Waals surface area contributed by atoms with Crippen molar-refractivity contribution in [1.82, 2.24) is 10.2 Å². The zero-order valence-electron chi connectivity index (χ0n) is 15.9. The first-order chi connectivity index (χ1) is 13.2. The van der Waals surface area contributed by atoms with Crippen LogP contribution in [0.15, 0.2) is 30.3 Å². The van der Waals surface area contributed by atoms with Crippen LogP contribution in [-0.4, -0.2) is 41.4 Å². The summed E-state index contributed by atoms with van der Waals surface area (Å²) in [5.41, 5.74) is 0. The van der Waals surface area contributed by atoms with E-state index in [0.29, 0.717) is 31.3 Å². The number of benzene rings is 1. The first-order valence-corrected chi connectivity index (χ1v) is 10.5. The molecule has 27 heavy (non-hydrogen) atoms. The van der Waals surface area contributed by atoms with Gasteiger partial charge in [-0.25, -0.2) is 0 Å². The summed E-state index contributed by atoms with van der Waals surface area (Å²) in [4.78, 5) is 27.6. The van der Waals surface area contributed by atoms with Crippen molar-refractivity contribution >= 4 is 11.8 Å². The molecule has 0 bridgehead atoms. The third-order valence-electron chi connectivity index (χ3n) is 6.04. The van der Waals surface area contributed by atoms with Gasteiger partial charge in [-0.05, 0) is 43.7 Å². The van der Waals surface area contributed by atoms with Crippen LogP contribution in [0.3, 0.4) is 0 Å². The maximum Gasteiger partial charge on any atom is 0.243 e. The zero-order valence-corrected chi connectivity index (χ0v) is 15.9. The molecule has 1 saturated heterocycles. The molecule has 0 unspecified atom stereocenters. The number of hydrogen-bond donors (Lipinski definition) is 1. The second kappa shape index (κ2) is 8.32. The third-order valence-corrected chi connectivity index (χ3v) is 6.04. The Balaban J connectivity index is 1.41. The molecule has 1 heterocycles. The highest BCUT2D eigenvalue weighted by Gasteiger charge is 2.42. The largest absolute Gasteiger partial charge is 0.488 e. The van der Waals surface area contributed by atoms with Crippen LogP contribution in [-0.2, 0) is 9.59 Å². The fourth-order valence-corrected chi connectivity index (χ4v) is 4.38. The molecular weight excluding hydrogens is 340 g/mol. The molecule has 5 heteroatoms. The second-order valence-corrected chi connectivity index (χ2v) is 8.34. The van der Waals surface area contributed by atoms with Gasteiger partial charge < -0.3 is 15.0 Å². The smallest absolute Gasteiger partial charge is 0.243 e. The highest BCUT2D eigenvalue weighted by atomic mass is 16.5. The van der Waals surface area contributed by atoms with Crippen molar-refractivity contribution in [2.75, 3.05) is 6.54 Å². The number of para-hydroxylation sites is 1.